The molecule has 2 aliphatic rings. The molecule has 6 heterocycles. The first-order valence-corrected chi connectivity index (χ1v) is 19.5. The summed E-state index contributed by atoms with van der Waals surface area (Å²) in [6, 6.07) is 16.6. The Balaban J connectivity index is 0.880. The number of likely N-dealkylation sites (tertiary alicyclic amines) is 1. The van der Waals surface area contributed by atoms with Crippen LogP contribution in [0.5, 0.6) is 0 Å². The van der Waals surface area contributed by atoms with Crippen molar-refractivity contribution in [3.05, 3.63) is 105 Å². The first-order chi connectivity index (χ1) is 26.5. The Hall–Kier alpha value is -5.60. The lowest BCUT2D eigenvalue weighted by Crippen LogP contribution is -2.39. The Bertz CT molecular complexity index is 2380. The number of aromatic nitrogens is 6. The Morgan fingerprint density at radius 1 is 1.00 bits per heavy atom. The number of carbonyl (C=O) groups excluding carboxylic acids is 3. The number of hydrogen-bond donors (Lipinski definition) is 2. The van der Waals surface area contributed by atoms with Crippen LogP contribution in [0.15, 0.2) is 71.0 Å². The largest absolute Gasteiger partial charge is 0.345 e. The molecule has 1 atom stereocenters. The zero-order valence-electron chi connectivity index (χ0n) is 31.3. The number of piperidine rings is 2. The van der Waals surface area contributed by atoms with Crippen molar-refractivity contribution in [3.63, 3.8) is 0 Å². The van der Waals surface area contributed by atoms with Crippen molar-refractivity contribution in [2.24, 2.45) is 0 Å². The van der Waals surface area contributed by atoms with Crippen LogP contribution in [-0.4, -0.2) is 65.4 Å². The maximum absolute atomic E-state index is 12.7. The van der Waals surface area contributed by atoms with Crippen molar-refractivity contribution in [1.82, 2.24) is 45.3 Å². The number of aryl methyl sites for hydroxylation is 1. The highest BCUT2D eigenvalue weighted by Crippen LogP contribution is 2.33. The van der Waals surface area contributed by atoms with Crippen molar-refractivity contribution < 1.29 is 18.9 Å². The van der Waals surface area contributed by atoms with E-state index in [2.05, 4.69) is 77.5 Å². The second-order valence-corrected chi connectivity index (χ2v) is 16.5. The van der Waals surface area contributed by atoms with Crippen molar-refractivity contribution in [1.29, 1.82) is 0 Å². The molecule has 0 radical (unpaired) electrons. The summed E-state index contributed by atoms with van der Waals surface area (Å²) < 4.78 is 7.12. The van der Waals surface area contributed by atoms with Gasteiger partial charge in [-0.2, -0.15) is 10.1 Å². The van der Waals surface area contributed by atoms with E-state index in [0.29, 0.717) is 31.2 Å². The Kier molecular flexibility index (Phi) is 9.86. The number of carbonyl (C=O) groups is 3. The van der Waals surface area contributed by atoms with Gasteiger partial charge in [0.15, 0.2) is 0 Å². The predicted octanol–water partition coefficient (Wildman–Crippen LogP) is 6.34. The van der Waals surface area contributed by atoms with E-state index in [0.717, 1.165) is 82.2 Å². The number of rotatable bonds is 9. The average Bonchev–Trinajstić information content (AvgIpc) is 3.95. The Morgan fingerprint density at radius 3 is 2.51 bits per heavy atom. The summed E-state index contributed by atoms with van der Waals surface area (Å²) in [6.07, 6.45) is 6.65. The third kappa shape index (κ3) is 7.82. The van der Waals surface area contributed by atoms with Crippen LogP contribution in [0.1, 0.15) is 102 Å². The molecule has 0 aliphatic carbocycles. The number of imide groups is 1. The van der Waals surface area contributed by atoms with Crippen molar-refractivity contribution in [3.8, 4) is 22.5 Å². The van der Waals surface area contributed by atoms with E-state index in [-0.39, 0.29) is 34.9 Å². The van der Waals surface area contributed by atoms with E-state index in [1.807, 2.05) is 50.5 Å². The molecule has 2 aliphatic heterocycles. The van der Waals surface area contributed by atoms with Gasteiger partial charge < -0.3 is 9.84 Å². The third-order valence-corrected chi connectivity index (χ3v) is 11.4. The molecule has 4 aromatic heterocycles. The van der Waals surface area contributed by atoms with Gasteiger partial charge in [0, 0.05) is 41.1 Å². The second kappa shape index (κ2) is 14.9. The zero-order valence-corrected chi connectivity index (χ0v) is 32.2. The summed E-state index contributed by atoms with van der Waals surface area (Å²) in [6.45, 7) is 11.0. The third-order valence-electron chi connectivity index (χ3n) is 10.6. The SMILES string of the molecule is Cc1cc(-c2ncnn3cc(-c4csc(CN5CCC(c6ccc(C7CCC(=O)NC7=O)cc6)CC5)n4)cc23)ccc1CNC(=O)c1noc(C(C)(C)C)n1. The van der Waals surface area contributed by atoms with Gasteiger partial charge in [-0.3, -0.25) is 24.6 Å². The molecular formula is C41H43N9O4S. The van der Waals surface area contributed by atoms with Gasteiger partial charge in [-0.1, -0.05) is 62.3 Å². The molecule has 0 bridgehead atoms. The van der Waals surface area contributed by atoms with Gasteiger partial charge in [0.05, 0.1) is 29.4 Å². The molecule has 2 aromatic carbocycles. The van der Waals surface area contributed by atoms with Crippen LogP contribution in [0.25, 0.3) is 28.0 Å². The maximum atomic E-state index is 12.7. The number of hydrogen-bond acceptors (Lipinski definition) is 11. The van der Waals surface area contributed by atoms with Gasteiger partial charge in [-0.15, -0.1) is 11.3 Å². The molecule has 2 saturated heterocycles. The molecule has 14 heteroatoms. The van der Waals surface area contributed by atoms with Crippen LogP contribution in [0.4, 0.5) is 0 Å². The molecular weight excluding hydrogens is 715 g/mol. The first-order valence-electron chi connectivity index (χ1n) is 18.6. The molecule has 8 rings (SSSR count). The topological polar surface area (TPSA) is 161 Å². The molecule has 3 amide bonds. The zero-order chi connectivity index (χ0) is 38.3. The van der Waals surface area contributed by atoms with Crippen molar-refractivity contribution >= 4 is 34.6 Å². The lowest BCUT2D eigenvalue weighted by Gasteiger charge is -2.31. The van der Waals surface area contributed by atoms with Gasteiger partial charge in [-0.25, -0.2) is 14.5 Å². The normalized spacial score (nSPS) is 17.1. The number of fused-ring (bicyclic) bond motifs is 1. The number of nitrogens with zero attached hydrogens (tertiary/aromatic N) is 7. The molecule has 55 heavy (non-hydrogen) atoms. The van der Waals surface area contributed by atoms with Gasteiger partial charge in [0.2, 0.25) is 17.7 Å². The highest BCUT2D eigenvalue weighted by molar-refractivity contribution is 7.09. The highest BCUT2D eigenvalue weighted by atomic mass is 32.1. The predicted molar refractivity (Wildman–Crippen MR) is 207 cm³/mol. The molecule has 2 N–H and O–H groups in total. The van der Waals surface area contributed by atoms with Crippen LogP contribution in [0.2, 0.25) is 0 Å². The summed E-state index contributed by atoms with van der Waals surface area (Å²) in [4.78, 5) is 53.0. The molecule has 13 nitrogen and oxygen atoms in total. The Morgan fingerprint density at radius 2 is 1.78 bits per heavy atom. The summed E-state index contributed by atoms with van der Waals surface area (Å²) >= 11 is 1.68. The number of benzene rings is 2. The average molecular weight is 758 g/mol. The fraction of sp³-hybridized carbons (Fsp3) is 0.366. The molecule has 282 valence electrons. The molecule has 2 fully saturated rings. The van der Waals surface area contributed by atoms with E-state index in [1.165, 1.54) is 5.56 Å². The van der Waals surface area contributed by atoms with E-state index in [4.69, 9.17) is 9.51 Å². The monoisotopic (exact) mass is 757 g/mol. The van der Waals surface area contributed by atoms with Crippen LogP contribution >= 0.6 is 11.3 Å². The highest BCUT2D eigenvalue weighted by Gasteiger charge is 2.29. The van der Waals surface area contributed by atoms with Gasteiger partial charge in [0.25, 0.3) is 11.7 Å². The smallest absolute Gasteiger partial charge is 0.292 e. The van der Waals surface area contributed by atoms with E-state index >= 15 is 0 Å². The van der Waals surface area contributed by atoms with Crippen LogP contribution in [0.3, 0.4) is 0 Å². The van der Waals surface area contributed by atoms with Crippen LogP contribution in [-0.2, 0) is 28.1 Å². The van der Waals surface area contributed by atoms with Crippen molar-refractivity contribution in [2.45, 2.75) is 83.7 Å². The molecule has 6 aromatic rings. The summed E-state index contributed by atoms with van der Waals surface area (Å²) in [5.74, 6) is -0.0928. The standard InChI is InChI=1S/C41H43N9O4S/c1-24-17-28(9-10-29(24)19-42-39(53)37-47-40(54-48-37)41(2,3)4)36-33-18-30(20-50(33)44-23-43-36)32-22-55-35(45-32)21-49-15-13-26(14-16-49)25-5-7-27(8-6-25)31-11-12-34(51)46-38(31)52/h5-10,17-18,20,22-23,26,31H,11-16,19,21H2,1-4H3,(H,42,53)(H,46,51,52). The minimum absolute atomic E-state index is 0.0213. The lowest BCUT2D eigenvalue weighted by atomic mass is 9.86. The van der Waals surface area contributed by atoms with E-state index in [1.54, 1.807) is 17.7 Å². The second-order valence-electron chi connectivity index (χ2n) is 15.5. The summed E-state index contributed by atoms with van der Waals surface area (Å²) in [7, 11) is 0. The van der Waals surface area contributed by atoms with Crippen LogP contribution in [0, 0.1) is 6.92 Å². The van der Waals surface area contributed by atoms with Crippen LogP contribution < -0.4 is 10.6 Å². The number of thiazole rings is 1. The van der Waals surface area contributed by atoms with E-state index < -0.39 is 0 Å². The minimum Gasteiger partial charge on any atom is -0.345 e. The molecule has 0 saturated carbocycles. The number of nitrogens with one attached hydrogen (secondary N) is 2. The summed E-state index contributed by atoms with van der Waals surface area (Å²) in [5.41, 5.74) is 8.47. The molecule has 0 spiro atoms. The number of amides is 3. The Labute approximate surface area is 322 Å². The maximum Gasteiger partial charge on any atom is 0.292 e. The van der Waals surface area contributed by atoms with E-state index in [9.17, 15) is 14.4 Å². The van der Waals surface area contributed by atoms with Gasteiger partial charge in [-0.05, 0) is 79.6 Å². The van der Waals surface area contributed by atoms with Gasteiger partial charge >= 0.3 is 0 Å². The quantitative estimate of drug-likeness (QED) is 0.159. The molecule has 1 unspecified atom stereocenters. The summed E-state index contributed by atoms with van der Waals surface area (Å²) in [5, 5.41) is 16.9. The van der Waals surface area contributed by atoms with Gasteiger partial charge in [0.1, 0.15) is 11.3 Å². The fourth-order valence-electron chi connectivity index (χ4n) is 7.35. The first kappa shape index (κ1) is 36.4. The lowest BCUT2D eigenvalue weighted by molar-refractivity contribution is -0.134. The van der Waals surface area contributed by atoms with Crippen molar-refractivity contribution in [2.75, 3.05) is 13.1 Å². The fourth-order valence-corrected chi connectivity index (χ4v) is 8.20. The minimum atomic E-state index is -0.386.